The summed E-state index contributed by atoms with van der Waals surface area (Å²) in [5, 5.41) is 1.32. The Balaban J connectivity index is 2.02. The predicted molar refractivity (Wildman–Crippen MR) is 85.6 cm³/mol. The van der Waals surface area contributed by atoms with Gasteiger partial charge in [-0.15, -0.1) is 23.1 Å². The molecule has 3 nitrogen and oxygen atoms in total. The summed E-state index contributed by atoms with van der Waals surface area (Å²) in [6.07, 6.45) is 1.80. The number of nitrogens with zero attached hydrogens (tertiary/aromatic N) is 2. The highest BCUT2D eigenvalue weighted by molar-refractivity contribution is 8.01. The van der Waals surface area contributed by atoms with Gasteiger partial charge in [-0.05, 0) is 31.5 Å². The van der Waals surface area contributed by atoms with Crippen LogP contribution in [0.15, 0.2) is 30.5 Å². The van der Waals surface area contributed by atoms with Crippen molar-refractivity contribution in [3.05, 3.63) is 45.9 Å². The van der Waals surface area contributed by atoms with Crippen molar-refractivity contribution in [2.75, 3.05) is 4.90 Å². The van der Waals surface area contributed by atoms with Crippen LogP contribution < -0.4 is 4.90 Å². The van der Waals surface area contributed by atoms with Gasteiger partial charge in [-0.25, -0.2) is 4.98 Å². The Morgan fingerprint density at radius 2 is 2.20 bits per heavy atom. The van der Waals surface area contributed by atoms with E-state index in [0.717, 1.165) is 15.6 Å². The van der Waals surface area contributed by atoms with Gasteiger partial charge in [0.2, 0.25) is 5.91 Å². The number of carbonyl (C=O) groups is 1. The minimum atomic E-state index is -0.0665. The van der Waals surface area contributed by atoms with Crippen molar-refractivity contribution < 1.29 is 4.79 Å². The maximum Gasteiger partial charge on any atom is 0.242 e. The van der Waals surface area contributed by atoms with Crippen LogP contribution in [0.5, 0.6) is 0 Å². The molecule has 0 radical (unpaired) electrons. The molecule has 1 fully saturated rings. The van der Waals surface area contributed by atoms with Crippen LogP contribution in [-0.2, 0) is 4.79 Å². The molecule has 0 unspecified atom stereocenters. The summed E-state index contributed by atoms with van der Waals surface area (Å²) in [7, 11) is 0. The number of benzene rings is 1. The zero-order valence-corrected chi connectivity index (χ0v) is 13.4. The highest BCUT2D eigenvalue weighted by atomic mass is 35.5. The molecule has 0 spiro atoms. The van der Waals surface area contributed by atoms with E-state index in [0.29, 0.717) is 5.02 Å². The van der Waals surface area contributed by atoms with Gasteiger partial charge in [-0.3, -0.25) is 9.69 Å². The summed E-state index contributed by atoms with van der Waals surface area (Å²) in [4.78, 5) is 19.7. The molecule has 104 valence electrons. The van der Waals surface area contributed by atoms with Gasteiger partial charge in [0.15, 0.2) is 5.13 Å². The van der Waals surface area contributed by atoms with E-state index in [-0.39, 0.29) is 16.5 Å². The maximum atomic E-state index is 12.4. The largest absolute Gasteiger partial charge is 0.273 e. The first-order valence-corrected chi connectivity index (χ1v) is 8.36. The van der Waals surface area contributed by atoms with Gasteiger partial charge in [-0.2, -0.15) is 0 Å². The third-order valence-electron chi connectivity index (χ3n) is 3.10. The topological polar surface area (TPSA) is 33.2 Å². The molecule has 0 aliphatic carbocycles. The number of carbonyl (C=O) groups excluding carboxylic acids is 1. The molecule has 0 N–H and O–H groups in total. The van der Waals surface area contributed by atoms with Crippen molar-refractivity contribution in [1.82, 2.24) is 4.98 Å². The molecular weight excluding hydrogens is 312 g/mol. The van der Waals surface area contributed by atoms with Gasteiger partial charge in [0.1, 0.15) is 5.37 Å². The number of amides is 1. The summed E-state index contributed by atoms with van der Waals surface area (Å²) in [6, 6.07) is 7.67. The summed E-state index contributed by atoms with van der Waals surface area (Å²) >= 11 is 9.24. The van der Waals surface area contributed by atoms with Gasteiger partial charge in [0.25, 0.3) is 0 Å². The van der Waals surface area contributed by atoms with E-state index in [4.69, 9.17) is 11.6 Å². The minimum Gasteiger partial charge on any atom is -0.273 e. The fourth-order valence-corrected chi connectivity index (χ4v) is 4.46. The molecule has 2 heterocycles. The average molecular weight is 325 g/mol. The van der Waals surface area contributed by atoms with E-state index in [2.05, 4.69) is 4.98 Å². The highest BCUT2D eigenvalue weighted by Gasteiger charge is 2.40. The van der Waals surface area contributed by atoms with Crippen molar-refractivity contribution in [2.24, 2.45) is 0 Å². The lowest BCUT2D eigenvalue weighted by molar-refractivity contribution is -0.117. The van der Waals surface area contributed by atoms with Crippen molar-refractivity contribution in [3.63, 3.8) is 0 Å². The number of rotatable bonds is 2. The van der Waals surface area contributed by atoms with E-state index >= 15 is 0 Å². The number of halogens is 1. The highest BCUT2D eigenvalue weighted by Crippen LogP contribution is 2.46. The van der Waals surface area contributed by atoms with Crippen LogP contribution in [0, 0.1) is 6.92 Å². The van der Waals surface area contributed by atoms with Crippen molar-refractivity contribution in [2.45, 2.75) is 24.5 Å². The standard InChI is InChI=1S/C14H13ClN2OS2/c1-8-7-16-14(19-8)17-12(18)9(2)20-13(17)10-4-3-5-11(15)6-10/h3-7,9,13H,1-2H3/t9-,13-/m0/s1. The summed E-state index contributed by atoms with van der Waals surface area (Å²) < 4.78 is 0. The van der Waals surface area contributed by atoms with Crippen LogP contribution >= 0.6 is 34.7 Å². The zero-order valence-electron chi connectivity index (χ0n) is 11.0. The van der Waals surface area contributed by atoms with E-state index < -0.39 is 0 Å². The predicted octanol–water partition coefficient (Wildman–Crippen LogP) is 4.27. The van der Waals surface area contributed by atoms with E-state index in [1.807, 2.05) is 38.1 Å². The number of aromatic nitrogens is 1. The number of thiazole rings is 1. The van der Waals surface area contributed by atoms with Crippen molar-refractivity contribution >= 4 is 45.7 Å². The molecule has 2 atom stereocenters. The molecule has 1 saturated heterocycles. The van der Waals surface area contributed by atoms with Crippen LogP contribution in [0.3, 0.4) is 0 Å². The third-order valence-corrected chi connectivity index (χ3v) is 5.60. The van der Waals surface area contributed by atoms with E-state index in [1.165, 1.54) is 0 Å². The van der Waals surface area contributed by atoms with Gasteiger partial charge < -0.3 is 0 Å². The Bertz CT molecular complexity index is 658. The van der Waals surface area contributed by atoms with Crippen LogP contribution in [0.2, 0.25) is 5.02 Å². The first kappa shape index (κ1) is 13.9. The number of hydrogen-bond donors (Lipinski definition) is 0. The van der Waals surface area contributed by atoms with Crippen LogP contribution in [0.1, 0.15) is 22.7 Å². The molecule has 1 aromatic carbocycles. The smallest absolute Gasteiger partial charge is 0.242 e. The lowest BCUT2D eigenvalue weighted by atomic mass is 10.2. The molecule has 1 aliphatic heterocycles. The quantitative estimate of drug-likeness (QED) is 0.827. The van der Waals surface area contributed by atoms with Crippen LogP contribution in [0.4, 0.5) is 5.13 Å². The lowest BCUT2D eigenvalue weighted by Gasteiger charge is -2.21. The number of aryl methyl sites for hydroxylation is 1. The van der Waals surface area contributed by atoms with Crippen LogP contribution in [0.25, 0.3) is 0 Å². The molecular formula is C14H13ClN2OS2. The molecule has 2 aromatic rings. The zero-order chi connectivity index (χ0) is 14.3. The number of anilines is 1. The summed E-state index contributed by atoms with van der Waals surface area (Å²) in [5.74, 6) is 0.106. The first-order chi connectivity index (χ1) is 9.56. The fourth-order valence-electron chi connectivity index (χ4n) is 2.16. The Kier molecular flexibility index (Phi) is 3.75. The number of hydrogen-bond acceptors (Lipinski definition) is 4. The molecule has 3 rings (SSSR count). The number of thioether (sulfide) groups is 1. The van der Waals surface area contributed by atoms with Crippen molar-refractivity contribution in [1.29, 1.82) is 0 Å². The lowest BCUT2D eigenvalue weighted by Crippen LogP contribution is -2.29. The summed E-state index contributed by atoms with van der Waals surface area (Å²) in [5.41, 5.74) is 1.04. The second-order valence-electron chi connectivity index (χ2n) is 4.65. The molecule has 0 saturated carbocycles. The van der Waals surface area contributed by atoms with Gasteiger partial charge in [0, 0.05) is 16.1 Å². The fraction of sp³-hybridized carbons (Fsp3) is 0.286. The van der Waals surface area contributed by atoms with Gasteiger partial charge in [0.05, 0.1) is 5.25 Å². The average Bonchev–Trinajstić information content (AvgIpc) is 2.95. The molecule has 0 bridgehead atoms. The molecule has 20 heavy (non-hydrogen) atoms. The van der Waals surface area contributed by atoms with Crippen LogP contribution in [-0.4, -0.2) is 16.1 Å². The molecule has 1 amide bonds. The third kappa shape index (κ3) is 2.45. The second kappa shape index (κ2) is 5.39. The Morgan fingerprint density at radius 1 is 1.40 bits per heavy atom. The maximum absolute atomic E-state index is 12.4. The van der Waals surface area contributed by atoms with E-state index in [9.17, 15) is 4.79 Å². The van der Waals surface area contributed by atoms with E-state index in [1.54, 1.807) is 34.2 Å². The monoisotopic (exact) mass is 324 g/mol. The normalized spacial score (nSPS) is 22.6. The molecule has 6 heteroatoms. The van der Waals surface area contributed by atoms with Gasteiger partial charge >= 0.3 is 0 Å². The molecule has 1 aromatic heterocycles. The van der Waals surface area contributed by atoms with Crippen molar-refractivity contribution in [3.8, 4) is 0 Å². The van der Waals surface area contributed by atoms with Gasteiger partial charge in [-0.1, -0.05) is 23.7 Å². The Hall–Kier alpha value is -1.04. The molecule has 1 aliphatic rings. The summed E-state index contributed by atoms with van der Waals surface area (Å²) in [6.45, 7) is 3.93. The Labute approximate surface area is 131 Å². The Morgan fingerprint density at radius 3 is 2.85 bits per heavy atom. The minimum absolute atomic E-state index is 0.0539. The second-order valence-corrected chi connectivity index (χ2v) is 7.72. The SMILES string of the molecule is Cc1cnc(N2C(=O)[C@H](C)S[C@H]2c2cccc(Cl)c2)s1. The first-order valence-electron chi connectivity index (χ1n) is 6.22.